The maximum Gasteiger partial charge on any atom is 0.246 e. The number of amides is 1. The third-order valence-corrected chi connectivity index (χ3v) is 6.85. The summed E-state index contributed by atoms with van der Waals surface area (Å²) in [5.41, 5.74) is 3.29. The lowest BCUT2D eigenvalue weighted by atomic mass is 9.80. The summed E-state index contributed by atoms with van der Waals surface area (Å²) < 4.78 is 0. The minimum Gasteiger partial charge on any atom is -0.368 e. The Kier molecular flexibility index (Phi) is 6.19. The monoisotopic (exact) mass is 436 g/mol. The highest BCUT2D eigenvalue weighted by molar-refractivity contribution is 7.80. The van der Waals surface area contributed by atoms with E-state index < -0.39 is 0 Å². The lowest BCUT2D eigenvalue weighted by Crippen LogP contribution is -2.56. The quantitative estimate of drug-likeness (QED) is 0.737. The van der Waals surface area contributed by atoms with Crippen LogP contribution in [0, 0.1) is 0 Å². The van der Waals surface area contributed by atoms with Crippen molar-refractivity contribution in [3.05, 3.63) is 60.2 Å². The van der Waals surface area contributed by atoms with Gasteiger partial charge in [0.1, 0.15) is 0 Å². The minimum atomic E-state index is -0.227. The van der Waals surface area contributed by atoms with Gasteiger partial charge in [-0.05, 0) is 62.2 Å². The first-order chi connectivity index (χ1) is 14.9. The molecule has 164 valence electrons. The van der Waals surface area contributed by atoms with Crippen LogP contribution in [0.2, 0.25) is 0 Å². The van der Waals surface area contributed by atoms with Crippen LogP contribution in [0.25, 0.3) is 0 Å². The van der Waals surface area contributed by atoms with E-state index in [0.717, 1.165) is 38.3 Å². The first-order valence-corrected chi connectivity index (χ1v) is 11.5. The van der Waals surface area contributed by atoms with Crippen molar-refractivity contribution in [3.63, 3.8) is 0 Å². The summed E-state index contributed by atoms with van der Waals surface area (Å²) >= 11 is 5.63. The van der Waals surface area contributed by atoms with E-state index in [4.69, 9.17) is 12.2 Å². The van der Waals surface area contributed by atoms with Crippen LogP contribution >= 0.6 is 12.2 Å². The van der Waals surface area contributed by atoms with E-state index >= 15 is 0 Å². The second kappa shape index (κ2) is 8.87. The van der Waals surface area contributed by atoms with Crippen LogP contribution in [0.5, 0.6) is 0 Å². The van der Waals surface area contributed by atoms with Crippen molar-refractivity contribution < 1.29 is 4.79 Å². The normalized spacial score (nSPS) is 20.2. The molecule has 2 aromatic carbocycles. The number of hydrogen-bond donors (Lipinski definition) is 1. The molecule has 1 N–H and O–H groups in total. The molecule has 0 radical (unpaired) electrons. The van der Waals surface area contributed by atoms with Crippen LogP contribution in [0.1, 0.15) is 38.7 Å². The lowest BCUT2D eigenvalue weighted by molar-refractivity contribution is -0.118. The Morgan fingerprint density at radius 3 is 2.39 bits per heavy atom. The highest BCUT2D eigenvalue weighted by atomic mass is 32.1. The van der Waals surface area contributed by atoms with Gasteiger partial charge < -0.3 is 20.0 Å². The van der Waals surface area contributed by atoms with Crippen LogP contribution < -0.4 is 15.1 Å². The number of nitrogens with zero attached hydrogens (tertiary/aromatic N) is 3. The summed E-state index contributed by atoms with van der Waals surface area (Å²) in [6.07, 6.45) is 0.946. The molecular weight excluding hydrogens is 404 g/mol. The molecule has 2 aromatic rings. The number of rotatable bonds is 3. The average molecular weight is 437 g/mol. The molecule has 6 heteroatoms. The van der Waals surface area contributed by atoms with Crippen molar-refractivity contribution in [1.82, 2.24) is 10.2 Å². The molecule has 1 amide bonds. The standard InChI is InChI=1S/C25H32N4OS/c1-19-17-25(2,3)29(22-12-8-7-11-21(19)22)23(30)18-26-24(31)28-15-13-27(14-16-28)20-9-5-4-6-10-20/h4-12,19H,13-18H2,1-3H3,(H,26,31)/t19-/m1/s1. The Morgan fingerprint density at radius 1 is 1.03 bits per heavy atom. The summed E-state index contributed by atoms with van der Waals surface area (Å²) in [6, 6.07) is 18.7. The molecule has 2 aliphatic heterocycles. The van der Waals surface area contributed by atoms with Gasteiger partial charge in [0.25, 0.3) is 0 Å². The second-order valence-corrected chi connectivity index (χ2v) is 9.56. The zero-order valence-electron chi connectivity index (χ0n) is 18.7. The SMILES string of the molecule is C[C@@H]1CC(C)(C)N(C(=O)CNC(=S)N2CCN(c3ccccc3)CC2)c2ccccc21. The Hall–Kier alpha value is -2.60. The number of thiocarbonyl (C=S) groups is 1. The van der Waals surface area contributed by atoms with Crippen LogP contribution in [0.4, 0.5) is 11.4 Å². The third kappa shape index (κ3) is 4.54. The number of carbonyl (C=O) groups excluding carboxylic acids is 1. The molecule has 5 nitrogen and oxygen atoms in total. The molecule has 2 aliphatic rings. The Morgan fingerprint density at radius 2 is 1.68 bits per heavy atom. The smallest absolute Gasteiger partial charge is 0.246 e. The van der Waals surface area contributed by atoms with Gasteiger partial charge in [0.15, 0.2) is 5.11 Å². The average Bonchev–Trinajstić information content (AvgIpc) is 2.77. The molecule has 4 rings (SSSR count). The van der Waals surface area contributed by atoms with Crippen LogP contribution in [0.15, 0.2) is 54.6 Å². The molecule has 31 heavy (non-hydrogen) atoms. The fourth-order valence-electron chi connectivity index (χ4n) is 5.01. The molecule has 1 fully saturated rings. The number of para-hydroxylation sites is 2. The van der Waals surface area contributed by atoms with Gasteiger partial charge in [0, 0.05) is 43.1 Å². The number of carbonyl (C=O) groups is 1. The summed E-state index contributed by atoms with van der Waals surface area (Å²) in [5.74, 6) is 0.500. The summed E-state index contributed by atoms with van der Waals surface area (Å²) in [6.45, 7) is 10.3. The second-order valence-electron chi connectivity index (χ2n) is 9.17. The van der Waals surface area contributed by atoms with Gasteiger partial charge in [-0.1, -0.05) is 43.3 Å². The van der Waals surface area contributed by atoms with Crippen LogP contribution in [-0.4, -0.2) is 54.2 Å². The fourth-order valence-corrected chi connectivity index (χ4v) is 5.26. The highest BCUT2D eigenvalue weighted by Crippen LogP contribution is 2.43. The first kappa shape index (κ1) is 21.6. The van der Waals surface area contributed by atoms with Gasteiger partial charge in [-0.2, -0.15) is 0 Å². The summed E-state index contributed by atoms with van der Waals surface area (Å²) in [5, 5.41) is 3.90. The van der Waals surface area contributed by atoms with Crippen molar-refractivity contribution in [2.45, 2.75) is 38.6 Å². The molecule has 0 aromatic heterocycles. The van der Waals surface area contributed by atoms with Crippen molar-refractivity contribution in [1.29, 1.82) is 0 Å². The third-order valence-electron chi connectivity index (χ3n) is 6.45. The van der Waals surface area contributed by atoms with Crippen LogP contribution in [-0.2, 0) is 4.79 Å². The zero-order valence-corrected chi connectivity index (χ0v) is 19.5. The molecule has 2 heterocycles. The summed E-state index contributed by atoms with van der Waals surface area (Å²) in [7, 11) is 0. The fraction of sp³-hybridized carbons (Fsp3) is 0.440. The zero-order chi connectivity index (χ0) is 22.0. The predicted molar refractivity (Wildman–Crippen MR) is 132 cm³/mol. The minimum absolute atomic E-state index is 0.0645. The number of nitrogens with one attached hydrogen (secondary N) is 1. The first-order valence-electron chi connectivity index (χ1n) is 11.1. The number of piperazine rings is 1. The number of benzene rings is 2. The van der Waals surface area contributed by atoms with Gasteiger partial charge in [-0.3, -0.25) is 4.79 Å². The Bertz CT molecular complexity index is 938. The maximum absolute atomic E-state index is 13.3. The topological polar surface area (TPSA) is 38.8 Å². The van der Waals surface area contributed by atoms with E-state index in [-0.39, 0.29) is 18.0 Å². The van der Waals surface area contributed by atoms with E-state index in [1.165, 1.54) is 11.3 Å². The van der Waals surface area contributed by atoms with Gasteiger partial charge in [-0.25, -0.2) is 0 Å². The Labute approximate surface area is 191 Å². The molecular formula is C25H32N4OS. The highest BCUT2D eigenvalue weighted by Gasteiger charge is 2.39. The molecule has 0 spiro atoms. The number of hydrogen-bond acceptors (Lipinski definition) is 3. The van der Waals surface area contributed by atoms with Gasteiger partial charge in [-0.15, -0.1) is 0 Å². The largest absolute Gasteiger partial charge is 0.368 e. The van der Waals surface area contributed by atoms with E-state index in [1.54, 1.807) is 0 Å². The van der Waals surface area contributed by atoms with Crippen molar-refractivity contribution in [3.8, 4) is 0 Å². The van der Waals surface area contributed by atoms with Gasteiger partial charge in [0.2, 0.25) is 5.91 Å². The Balaban J connectivity index is 1.36. The van der Waals surface area contributed by atoms with Crippen molar-refractivity contribution in [2.24, 2.45) is 0 Å². The summed E-state index contributed by atoms with van der Waals surface area (Å²) in [4.78, 5) is 19.8. The molecule has 0 unspecified atom stereocenters. The molecule has 0 aliphatic carbocycles. The van der Waals surface area contributed by atoms with E-state index in [0.29, 0.717) is 11.0 Å². The molecule has 0 saturated carbocycles. The molecule has 1 atom stereocenters. The maximum atomic E-state index is 13.3. The molecule has 0 bridgehead atoms. The van der Waals surface area contributed by atoms with E-state index in [1.807, 2.05) is 17.0 Å². The van der Waals surface area contributed by atoms with Crippen molar-refractivity contribution in [2.75, 3.05) is 42.5 Å². The van der Waals surface area contributed by atoms with Gasteiger partial charge in [0.05, 0.1) is 6.54 Å². The van der Waals surface area contributed by atoms with E-state index in [2.05, 4.69) is 78.4 Å². The number of fused-ring (bicyclic) bond motifs is 1. The predicted octanol–water partition coefficient (Wildman–Crippen LogP) is 4.00. The van der Waals surface area contributed by atoms with Crippen LogP contribution in [0.3, 0.4) is 0 Å². The molecule has 1 saturated heterocycles. The van der Waals surface area contributed by atoms with Gasteiger partial charge >= 0.3 is 0 Å². The lowest BCUT2D eigenvalue weighted by Gasteiger charge is -2.46. The number of anilines is 2. The van der Waals surface area contributed by atoms with E-state index in [9.17, 15) is 4.79 Å². The van der Waals surface area contributed by atoms with Crippen molar-refractivity contribution >= 4 is 34.6 Å².